The molecule has 35 heavy (non-hydrogen) atoms. The number of allylic oxidation sites excluding steroid dienone is 1. The standard InChI is InChI=1S/C26H37N3O5S/c1-18-14-23(33-5)15-19(2)25(18)35(31,32)20(3)10-13-34-17-24(30)29(4)16-21-6-8-22(9-7-21)26-27-11-12-28-26/h6,8-9,14-15,20-21H,7,10-13,16-17H2,1-5H3,(H,27,28). The maximum Gasteiger partial charge on any atom is 0.248 e. The number of rotatable bonds is 11. The first kappa shape index (κ1) is 26.9. The van der Waals surface area contributed by atoms with Gasteiger partial charge in [-0.15, -0.1) is 0 Å². The fraction of sp³-hybridized carbons (Fsp3) is 0.538. The Morgan fingerprint density at radius 3 is 2.57 bits per heavy atom. The van der Waals surface area contributed by atoms with Crippen LogP contribution in [0.5, 0.6) is 5.75 Å². The molecular weight excluding hydrogens is 466 g/mol. The maximum atomic E-state index is 13.1. The van der Waals surface area contributed by atoms with Crippen LogP contribution >= 0.6 is 0 Å². The number of benzene rings is 1. The van der Waals surface area contributed by atoms with Crippen LogP contribution in [0.1, 0.15) is 30.9 Å². The predicted molar refractivity (Wildman–Crippen MR) is 138 cm³/mol. The molecule has 1 aromatic rings. The van der Waals surface area contributed by atoms with Crippen LogP contribution in [-0.2, 0) is 19.4 Å². The van der Waals surface area contributed by atoms with Gasteiger partial charge in [0.05, 0.1) is 23.8 Å². The number of methoxy groups -OCH3 is 1. The SMILES string of the molecule is COc1cc(C)c(S(=O)(=O)C(C)CCOCC(=O)N(C)CC2C=CC(C3=NCCN3)=CC2)c(C)c1. The third-order valence-electron chi connectivity index (χ3n) is 6.45. The molecule has 0 saturated heterocycles. The van der Waals surface area contributed by atoms with Crippen molar-refractivity contribution in [2.24, 2.45) is 10.9 Å². The Morgan fingerprint density at radius 2 is 2.00 bits per heavy atom. The van der Waals surface area contributed by atoms with E-state index in [-0.39, 0.29) is 25.0 Å². The monoisotopic (exact) mass is 503 g/mol. The van der Waals surface area contributed by atoms with Crippen LogP contribution in [0.2, 0.25) is 0 Å². The molecule has 8 nitrogen and oxygen atoms in total. The summed E-state index contributed by atoms with van der Waals surface area (Å²) < 4.78 is 37.1. The highest BCUT2D eigenvalue weighted by atomic mass is 32.2. The number of aliphatic imine (C=N–C) groups is 1. The number of amides is 1. The van der Waals surface area contributed by atoms with Crippen molar-refractivity contribution in [2.45, 2.75) is 43.8 Å². The van der Waals surface area contributed by atoms with Crippen molar-refractivity contribution in [1.29, 1.82) is 0 Å². The van der Waals surface area contributed by atoms with Gasteiger partial charge in [-0.1, -0.05) is 18.2 Å². The second kappa shape index (κ2) is 11.9. The lowest BCUT2D eigenvalue weighted by atomic mass is 9.95. The van der Waals surface area contributed by atoms with E-state index in [1.54, 1.807) is 52.0 Å². The number of carbonyl (C=O) groups excluding carboxylic acids is 1. The van der Waals surface area contributed by atoms with E-state index >= 15 is 0 Å². The van der Waals surface area contributed by atoms with Gasteiger partial charge in [-0.25, -0.2) is 8.42 Å². The normalized spacial score (nSPS) is 18.5. The number of aryl methyl sites for hydroxylation is 2. The molecule has 0 fully saturated rings. The van der Waals surface area contributed by atoms with Gasteiger partial charge < -0.3 is 19.7 Å². The summed E-state index contributed by atoms with van der Waals surface area (Å²) in [5.74, 6) is 1.72. The minimum absolute atomic E-state index is 0.0674. The van der Waals surface area contributed by atoms with Gasteiger partial charge in [-0.3, -0.25) is 9.79 Å². The summed E-state index contributed by atoms with van der Waals surface area (Å²) in [5.41, 5.74) is 2.44. The lowest BCUT2D eigenvalue weighted by Crippen LogP contribution is -2.34. The molecule has 0 spiro atoms. The molecule has 2 unspecified atom stereocenters. The minimum Gasteiger partial charge on any atom is -0.497 e. The zero-order chi connectivity index (χ0) is 25.6. The van der Waals surface area contributed by atoms with E-state index in [4.69, 9.17) is 9.47 Å². The molecule has 2 atom stereocenters. The van der Waals surface area contributed by atoms with Crippen molar-refractivity contribution in [3.63, 3.8) is 0 Å². The third-order valence-corrected chi connectivity index (χ3v) is 8.96. The Hall–Kier alpha value is -2.65. The van der Waals surface area contributed by atoms with E-state index in [0.29, 0.717) is 34.7 Å². The molecule has 1 amide bonds. The fourth-order valence-electron chi connectivity index (χ4n) is 4.37. The molecule has 1 aromatic carbocycles. The predicted octanol–water partition coefficient (Wildman–Crippen LogP) is 2.84. The van der Waals surface area contributed by atoms with Crippen molar-refractivity contribution in [1.82, 2.24) is 10.2 Å². The zero-order valence-corrected chi connectivity index (χ0v) is 22.2. The van der Waals surface area contributed by atoms with Gasteiger partial charge in [-0.05, 0) is 62.8 Å². The maximum absolute atomic E-state index is 13.1. The average Bonchev–Trinajstić information content (AvgIpc) is 3.36. The number of amidine groups is 1. The van der Waals surface area contributed by atoms with E-state index in [0.717, 1.165) is 30.9 Å². The molecule has 9 heteroatoms. The summed E-state index contributed by atoms with van der Waals surface area (Å²) in [6.45, 7) is 7.65. The highest BCUT2D eigenvalue weighted by Gasteiger charge is 2.27. The van der Waals surface area contributed by atoms with E-state index in [1.807, 2.05) is 0 Å². The molecule has 1 heterocycles. The number of nitrogens with one attached hydrogen (secondary N) is 1. The lowest BCUT2D eigenvalue weighted by molar-refractivity contribution is -0.135. The number of carbonyl (C=O) groups is 1. The van der Waals surface area contributed by atoms with Crippen molar-refractivity contribution < 1.29 is 22.7 Å². The summed E-state index contributed by atoms with van der Waals surface area (Å²) in [5, 5.41) is 2.64. The quantitative estimate of drug-likeness (QED) is 0.467. The molecule has 0 bridgehead atoms. The molecule has 1 aliphatic carbocycles. The number of nitrogens with zero attached hydrogens (tertiary/aromatic N) is 2. The second-order valence-electron chi connectivity index (χ2n) is 9.23. The molecule has 1 N–H and O–H groups in total. The van der Waals surface area contributed by atoms with Crippen molar-refractivity contribution in [2.75, 3.05) is 47.0 Å². The van der Waals surface area contributed by atoms with Crippen LogP contribution in [0.3, 0.4) is 0 Å². The summed E-state index contributed by atoms with van der Waals surface area (Å²) in [6, 6.07) is 3.46. The molecule has 3 rings (SSSR count). The number of hydrogen-bond acceptors (Lipinski definition) is 7. The van der Waals surface area contributed by atoms with E-state index in [1.165, 1.54) is 0 Å². The van der Waals surface area contributed by atoms with Gasteiger partial charge in [0, 0.05) is 32.3 Å². The second-order valence-corrected chi connectivity index (χ2v) is 11.5. The molecular formula is C26H37N3O5S. The highest BCUT2D eigenvalue weighted by Crippen LogP contribution is 2.29. The zero-order valence-electron chi connectivity index (χ0n) is 21.3. The fourth-order valence-corrected chi connectivity index (χ4v) is 6.20. The summed E-state index contributed by atoms with van der Waals surface area (Å²) in [7, 11) is -0.202. The van der Waals surface area contributed by atoms with Crippen LogP contribution in [0.4, 0.5) is 0 Å². The minimum atomic E-state index is -3.53. The Kier molecular flexibility index (Phi) is 9.13. The molecule has 192 valence electrons. The molecule has 0 saturated carbocycles. The van der Waals surface area contributed by atoms with E-state index < -0.39 is 15.1 Å². The van der Waals surface area contributed by atoms with Gasteiger partial charge in [0.2, 0.25) is 5.91 Å². The van der Waals surface area contributed by atoms with Crippen molar-refractivity contribution in [3.05, 3.63) is 47.1 Å². The first-order valence-corrected chi connectivity index (χ1v) is 13.6. The van der Waals surface area contributed by atoms with Crippen LogP contribution in [-0.4, -0.2) is 77.3 Å². The molecule has 0 radical (unpaired) electrons. The van der Waals surface area contributed by atoms with Crippen LogP contribution in [0.25, 0.3) is 0 Å². The summed E-state index contributed by atoms with van der Waals surface area (Å²) in [4.78, 5) is 19.0. The topological polar surface area (TPSA) is 97.3 Å². The van der Waals surface area contributed by atoms with Crippen LogP contribution in [0, 0.1) is 19.8 Å². The van der Waals surface area contributed by atoms with Crippen molar-refractivity contribution >= 4 is 21.6 Å². The summed E-state index contributed by atoms with van der Waals surface area (Å²) >= 11 is 0. The Labute approximate surface area is 209 Å². The first-order chi connectivity index (χ1) is 16.6. The number of likely N-dealkylation sites (N-methyl/N-ethyl adjacent to an activating group) is 1. The van der Waals surface area contributed by atoms with Gasteiger partial charge >= 0.3 is 0 Å². The Morgan fingerprint density at radius 1 is 1.29 bits per heavy atom. The number of ether oxygens (including phenoxy) is 2. The highest BCUT2D eigenvalue weighted by molar-refractivity contribution is 7.92. The Bertz CT molecular complexity index is 1100. The largest absolute Gasteiger partial charge is 0.497 e. The number of sulfone groups is 1. The molecule has 2 aliphatic rings. The summed E-state index contributed by atoms with van der Waals surface area (Å²) in [6.07, 6.45) is 7.50. The van der Waals surface area contributed by atoms with E-state index in [2.05, 4.69) is 28.5 Å². The van der Waals surface area contributed by atoms with Gasteiger partial charge in [0.25, 0.3) is 0 Å². The average molecular weight is 504 g/mol. The van der Waals surface area contributed by atoms with E-state index in [9.17, 15) is 13.2 Å². The first-order valence-electron chi connectivity index (χ1n) is 12.0. The van der Waals surface area contributed by atoms with Crippen LogP contribution < -0.4 is 10.1 Å². The molecule has 0 aromatic heterocycles. The van der Waals surface area contributed by atoms with Crippen LogP contribution in [0.15, 0.2) is 45.8 Å². The van der Waals surface area contributed by atoms with Gasteiger partial charge in [0.15, 0.2) is 9.84 Å². The van der Waals surface area contributed by atoms with Crippen molar-refractivity contribution in [3.8, 4) is 5.75 Å². The molecule has 1 aliphatic heterocycles. The van der Waals surface area contributed by atoms with Gasteiger partial charge in [0.1, 0.15) is 18.2 Å². The lowest BCUT2D eigenvalue weighted by Gasteiger charge is -2.24. The smallest absolute Gasteiger partial charge is 0.248 e. The number of hydrogen-bond donors (Lipinski definition) is 1. The van der Waals surface area contributed by atoms with Gasteiger partial charge in [-0.2, -0.15) is 0 Å². The Balaban J connectivity index is 1.43. The third kappa shape index (κ3) is 6.73.